The van der Waals surface area contributed by atoms with E-state index in [1.807, 2.05) is 0 Å². The first kappa shape index (κ1) is 14.7. The topological polar surface area (TPSA) is 62.0 Å². The van der Waals surface area contributed by atoms with E-state index in [0.29, 0.717) is 11.4 Å². The van der Waals surface area contributed by atoms with Crippen molar-refractivity contribution in [1.29, 1.82) is 0 Å². The molecule has 0 unspecified atom stereocenters. The quantitative estimate of drug-likeness (QED) is 0.666. The van der Waals surface area contributed by atoms with Crippen LogP contribution < -0.4 is 0 Å². The number of ketones is 1. The Labute approximate surface area is 117 Å². The van der Waals surface area contributed by atoms with Crippen LogP contribution in [-0.4, -0.2) is 17.1 Å². The first-order valence-electron chi connectivity index (χ1n) is 5.78. The zero-order chi connectivity index (χ0) is 15.5. The number of carbonyl (C=O) groups excluding carboxylic acids is 1. The maximum absolute atomic E-state index is 12.2. The molecule has 4 nitrogen and oxygen atoms in total. The molecule has 7 heteroatoms. The summed E-state index contributed by atoms with van der Waals surface area (Å²) in [6.07, 6.45) is -4.89. The molecular formula is C14H9F3N2O2. The van der Waals surface area contributed by atoms with Crippen LogP contribution in [0.3, 0.4) is 0 Å². The van der Waals surface area contributed by atoms with E-state index in [-0.39, 0.29) is 5.75 Å². The smallest absolute Gasteiger partial charge is 0.454 e. The molecule has 21 heavy (non-hydrogen) atoms. The van der Waals surface area contributed by atoms with Crippen molar-refractivity contribution in [3.63, 3.8) is 0 Å². The fourth-order valence-corrected chi connectivity index (χ4v) is 1.48. The number of phenolic OH excluding ortho intramolecular Hbond substituents is 1. The lowest BCUT2D eigenvalue weighted by Gasteiger charge is -2.04. The molecular weight excluding hydrogens is 285 g/mol. The van der Waals surface area contributed by atoms with Gasteiger partial charge in [-0.05, 0) is 48.5 Å². The molecule has 0 bridgehead atoms. The van der Waals surface area contributed by atoms with E-state index < -0.39 is 17.5 Å². The summed E-state index contributed by atoms with van der Waals surface area (Å²) in [5.41, 5.74) is 0.330. The van der Waals surface area contributed by atoms with Gasteiger partial charge in [0.15, 0.2) is 0 Å². The molecule has 0 radical (unpaired) electrons. The Morgan fingerprint density at radius 2 is 1.29 bits per heavy atom. The number of rotatable bonds is 3. The molecule has 0 aliphatic heterocycles. The van der Waals surface area contributed by atoms with Crippen LogP contribution in [0.4, 0.5) is 24.5 Å². The third kappa shape index (κ3) is 3.88. The standard InChI is InChI=1S/C14H9F3N2O2/c15-14(16,17)13(21)9-1-3-10(4-2-9)18-19-11-5-7-12(20)8-6-11/h1-8,20H/b19-18+. The minimum atomic E-state index is -4.89. The molecule has 108 valence electrons. The molecule has 0 aromatic heterocycles. The van der Waals surface area contributed by atoms with E-state index in [4.69, 9.17) is 5.11 Å². The Hall–Kier alpha value is -2.70. The van der Waals surface area contributed by atoms with Crippen LogP contribution in [-0.2, 0) is 0 Å². The molecule has 0 fully saturated rings. The highest BCUT2D eigenvalue weighted by atomic mass is 19.4. The predicted octanol–water partition coefficient (Wildman–Crippen LogP) is 4.55. The molecule has 0 aliphatic carbocycles. The summed E-state index contributed by atoms with van der Waals surface area (Å²) in [6, 6.07) is 10.5. The first-order valence-corrected chi connectivity index (χ1v) is 5.78. The van der Waals surface area contributed by atoms with Crippen molar-refractivity contribution in [3.05, 3.63) is 54.1 Å². The van der Waals surface area contributed by atoms with Crippen molar-refractivity contribution in [1.82, 2.24) is 0 Å². The van der Waals surface area contributed by atoms with Crippen molar-refractivity contribution >= 4 is 17.2 Å². The van der Waals surface area contributed by atoms with Gasteiger partial charge in [-0.1, -0.05) is 0 Å². The molecule has 0 atom stereocenters. The number of phenols is 1. The molecule has 2 rings (SSSR count). The lowest BCUT2D eigenvalue weighted by atomic mass is 10.1. The van der Waals surface area contributed by atoms with Crippen molar-refractivity contribution in [2.24, 2.45) is 10.2 Å². The number of Topliss-reactive ketones (excluding diaryl/α,β-unsaturated/α-hetero) is 1. The van der Waals surface area contributed by atoms with Gasteiger partial charge in [-0.2, -0.15) is 23.4 Å². The molecule has 0 heterocycles. The minimum Gasteiger partial charge on any atom is -0.508 e. The fourth-order valence-electron chi connectivity index (χ4n) is 1.48. The van der Waals surface area contributed by atoms with Crippen molar-refractivity contribution in [3.8, 4) is 5.75 Å². The van der Waals surface area contributed by atoms with Gasteiger partial charge >= 0.3 is 6.18 Å². The summed E-state index contributed by atoms with van der Waals surface area (Å²) in [4.78, 5) is 11.0. The monoisotopic (exact) mass is 294 g/mol. The lowest BCUT2D eigenvalue weighted by Crippen LogP contribution is -2.22. The van der Waals surface area contributed by atoms with Crippen LogP contribution in [0.5, 0.6) is 5.75 Å². The van der Waals surface area contributed by atoms with Gasteiger partial charge in [0.05, 0.1) is 11.4 Å². The molecule has 0 aliphatic rings. The Balaban J connectivity index is 2.12. The number of alkyl halides is 3. The highest BCUT2D eigenvalue weighted by molar-refractivity contribution is 6.00. The molecule has 0 saturated heterocycles. The SMILES string of the molecule is O=C(c1ccc(/N=N/c2ccc(O)cc2)cc1)C(F)(F)F. The normalized spacial score (nSPS) is 11.8. The number of hydrogen-bond donors (Lipinski definition) is 1. The van der Waals surface area contributed by atoms with Gasteiger partial charge in [0.25, 0.3) is 5.78 Å². The lowest BCUT2D eigenvalue weighted by molar-refractivity contribution is -0.0885. The molecule has 2 aromatic rings. The maximum atomic E-state index is 12.2. The number of halogens is 3. The Morgan fingerprint density at radius 1 is 0.857 bits per heavy atom. The minimum absolute atomic E-state index is 0.0870. The summed E-state index contributed by atoms with van der Waals surface area (Å²) >= 11 is 0. The number of aromatic hydroxyl groups is 1. The summed E-state index contributed by atoms with van der Waals surface area (Å²) in [5, 5.41) is 16.8. The third-order valence-electron chi connectivity index (χ3n) is 2.52. The average Bonchev–Trinajstić information content (AvgIpc) is 2.45. The highest BCUT2D eigenvalue weighted by Crippen LogP contribution is 2.24. The zero-order valence-corrected chi connectivity index (χ0v) is 10.5. The largest absolute Gasteiger partial charge is 0.508 e. The first-order chi connectivity index (χ1) is 9.86. The third-order valence-corrected chi connectivity index (χ3v) is 2.52. The number of benzene rings is 2. The molecule has 0 amide bonds. The Bertz CT molecular complexity index is 662. The summed E-state index contributed by atoms with van der Waals surface area (Å²) in [7, 11) is 0. The molecule has 1 N–H and O–H groups in total. The second-order valence-electron chi connectivity index (χ2n) is 4.09. The van der Waals surface area contributed by atoms with E-state index in [9.17, 15) is 18.0 Å². The number of carbonyl (C=O) groups is 1. The second-order valence-corrected chi connectivity index (χ2v) is 4.09. The van der Waals surface area contributed by atoms with Gasteiger partial charge in [0.2, 0.25) is 0 Å². The number of hydrogen-bond acceptors (Lipinski definition) is 4. The van der Waals surface area contributed by atoms with Gasteiger partial charge in [-0.25, -0.2) is 0 Å². The van der Waals surface area contributed by atoms with Crippen LogP contribution in [0.2, 0.25) is 0 Å². The van der Waals surface area contributed by atoms with Crippen molar-refractivity contribution < 1.29 is 23.1 Å². The van der Waals surface area contributed by atoms with Crippen LogP contribution in [0.1, 0.15) is 10.4 Å². The Kier molecular flexibility index (Phi) is 4.02. The van der Waals surface area contributed by atoms with E-state index >= 15 is 0 Å². The molecule has 0 spiro atoms. The number of nitrogens with zero attached hydrogens (tertiary/aromatic N) is 2. The van der Waals surface area contributed by atoms with Crippen molar-refractivity contribution in [2.75, 3.05) is 0 Å². The van der Waals surface area contributed by atoms with Gasteiger partial charge in [-0.15, -0.1) is 0 Å². The van der Waals surface area contributed by atoms with E-state index in [1.165, 1.54) is 36.4 Å². The number of azo groups is 1. The van der Waals surface area contributed by atoms with E-state index in [0.717, 1.165) is 12.1 Å². The second kappa shape index (κ2) is 5.74. The van der Waals surface area contributed by atoms with Gasteiger partial charge in [0.1, 0.15) is 5.75 Å². The summed E-state index contributed by atoms with van der Waals surface area (Å²) in [5.74, 6) is -1.81. The van der Waals surface area contributed by atoms with Crippen LogP contribution in [0.15, 0.2) is 58.8 Å². The van der Waals surface area contributed by atoms with Crippen LogP contribution >= 0.6 is 0 Å². The molecule has 2 aromatic carbocycles. The summed E-state index contributed by atoms with van der Waals surface area (Å²) < 4.78 is 36.7. The van der Waals surface area contributed by atoms with E-state index in [1.54, 1.807) is 0 Å². The van der Waals surface area contributed by atoms with Crippen LogP contribution in [0.25, 0.3) is 0 Å². The van der Waals surface area contributed by atoms with E-state index in [2.05, 4.69) is 10.2 Å². The summed E-state index contributed by atoms with van der Waals surface area (Å²) in [6.45, 7) is 0. The Morgan fingerprint density at radius 3 is 1.71 bits per heavy atom. The molecule has 0 saturated carbocycles. The van der Waals surface area contributed by atoms with Crippen molar-refractivity contribution in [2.45, 2.75) is 6.18 Å². The van der Waals surface area contributed by atoms with Gasteiger partial charge in [0, 0.05) is 5.56 Å². The average molecular weight is 294 g/mol. The van der Waals surface area contributed by atoms with Crippen LogP contribution in [0, 0.1) is 0 Å². The zero-order valence-electron chi connectivity index (χ0n) is 10.5. The maximum Gasteiger partial charge on any atom is 0.454 e. The van der Waals surface area contributed by atoms with Gasteiger partial charge < -0.3 is 5.11 Å². The predicted molar refractivity (Wildman–Crippen MR) is 69.1 cm³/mol. The fraction of sp³-hybridized carbons (Fsp3) is 0.0714. The highest BCUT2D eigenvalue weighted by Gasteiger charge is 2.39. The van der Waals surface area contributed by atoms with Gasteiger partial charge in [-0.3, -0.25) is 4.79 Å².